The van der Waals surface area contributed by atoms with Crippen molar-refractivity contribution in [2.45, 2.75) is 45.1 Å². The lowest BCUT2D eigenvalue weighted by Crippen LogP contribution is -2.36. The lowest BCUT2D eigenvalue weighted by Gasteiger charge is -2.22. The van der Waals surface area contributed by atoms with Crippen molar-refractivity contribution >= 4 is 12.0 Å². The zero-order valence-electron chi connectivity index (χ0n) is 16.6. The highest BCUT2D eigenvalue weighted by Crippen LogP contribution is 2.19. The fraction of sp³-hybridized carbons (Fsp3) is 0.304. The first-order valence-electron chi connectivity index (χ1n) is 9.37. The van der Waals surface area contributed by atoms with E-state index in [9.17, 15) is 9.59 Å². The highest BCUT2D eigenvalue weighted by molar-refractivity contribution is 5.95. The van der Waals surface area contributed by atoms with Gasteiger partial charge in [0.2, 0.25) is 5.91 Å². The summed E-state index contributed by atoms with van der Waals surface area (Å²) in [5.74, 6) is -0.244. The van der Waals surface area contributed by atoms with Gasteiger partial charge in [0.1, 0.15) is 5.76 Å². The van der Waals surface area contributed by atoms with Crippen LogP contribution in [0.3, 0.4) is 0 Å². The van der Waals surface area contributed by atoms with Crippen LogP contribution in [0.5, 0.6) is 0 Å². The van der Waals surface area contributed by atoms with E-state index in [1.165, 1.54) is 18.6 Å². The summed E-state index contributed by atoms with van der Waals surface area (Å²) in [6.07, 6.45) is 16.0. The van der Waals surface area contributed by atoms with Crippen molar-refractivity contribution < 1.29 is 14.3 Å². The molecule has 5 heteroatoms. The fourth-order valence-corrected chi connectivity index (χ4v) is 2.89. The van der Waals surface area contributed by atoms with Crippen molar-refractivity contribution in [1.29, 1.82) is 0 Å². The molecule has 1 aliphatic rings. The summed E-state index contributed by atoms with van der Waals surface area (Å²) in [6, 6.07) is 0.154. The summed E-state index contributed by atoms with van der Waals surface area (Å²) in [4.78, 5) is 23.7. The summed E-state index contributed by atoms with van der Waals surface area (Å²) in [7, 11) is 0. The maximum absolute atomic E-state index is 12.2. The van der Waals surface area contributed by atoms with Gasteiger partial charge < -0.3 is 15.8 Å². The summed E-state index contributed by atoms with van der Waals surface area (Å²) < 4.78 is 5.45. The Morgan fingerprint density at radius 3 is 2.18 bits per heavy atom. The Hall–Kier alpha value is -3.08. The van der Waals surface area contributed by atoms with Crippen LogP contribution < -0.4 is 11.1 Å². The number of nitrogens with two attached hydrogens (primary N) is 1. The van der Waals surface area contributed by atoms with Crippen LogP contribution in [-0.4, -0.2) is 18.0 Å². The van der Waals surface area contributed by atoms with E-state index in [1.807, 2.05) is 6.92 Å². The first kappa shape index (κ1) is 23.0. The van der Waals surface area contributed by atoms with E-state index in [1.54, 1.807) is 30.4 Å². The molecule has 0 bridgehead atoms. The van der Waals surface area contributed by atoms with Crippen LogP contribution >= 0.6 is 0 Å². The minimum absolute atomic E-state index is 0.154. The second-order valence-corrected chi connectivity index (χ2v) is 6.53. The fourth-order valence-electron chi connectivity index (χ4n) is 2.89. The Balaban J connectivity index is 2.99. The van der Waals surface area contributed by atoms with Gasteiger partial charge >= 0.3 is 6.09 Å². The normalized spacial score (nSPS) is 16.9. The number of rotatable bonds is 9. The van der Waals surface area contributed by atoms with Gasteiger partial charge in [0, 0.05) is 11.6 Å². The van der Waals surface area contributed by atoms with E-state index in [-0.39, 0.29) is 11.6 Å². The van der Waals surface area contributed by atoms with Crippen molar-refractivity contribution in [2.24, 2.45) is 5.73 Å². The largest absolute Gasteiger partial charge is 0.412 e. The number of carbonyl (C=O) groups excluding carboxylic acids is 2. The van der Waals surface area contributed by atoms with Crippen molar-refractivity contribution in [2.75, 3.05) is 0 Å². The third-order valence-corrected chi connectivity index (χ3v) is 4.35. The number of alkyl carbamates (subject to hydrolysis) is 1. The standard InChI is InChI=1S/C23H30N2O3/c1-5-11-19(16-18(7-3)22(24)26)17(4)15-21(12-6-2)28-23(27)25-20-13-9-8-10-14-20/h5-7,11-12,15-16,20H,1-3,8-10,13-14H2,4H3,(H2,24,26)(H,25,27)/b17-15+,18-16+,19-11?,21-12+. The molecular formula is C23H30N2O3. The SMILES string of the molecule is C=CC=C(/C=C(\C=C)C(N)=O)/C(C)=C/C(=C\C=C)OC(=O)NC1CCCCC1. The van der Waals surface area contributed by atoms with Gasteiger partial charge in [-0.1, -0.05) is 63.3 Å². The number of allylic oxidation sites excluding steroid dienone is 8. The summed E-state index contributed by atoms with van der Waals surface area (Å²) in [6.45, 7) is 12.8. The maximum Gasteiger partial charge on any atom is 0.412 e. The van der Waals surface area contributed by atoms with Crippen LogP contribution in [0.2, 0.25) is 0 Å². The molecule has 28 heavy (non-hydrogen) atoms. The molecule has 0 atom stereocenters. The molecule has 0 spiro atoms. The average Bonchev–Trinajstić information content (AvgIpc) is 2.65. The minimum Gasteiger partial charge on any atom is -0.410 e. The minimum atomic E-state index is -0.581. The zero-order chi connectivity index (χ0) is 20.9. The lowest BCUT2D eigenvalue weighted by atomic mass is 9.96. The molecule has 5 nitrogen and oxygen atoms in total. The molecule has 0 aromatic carbocycles. The van der Waals surface area contributed by atoms with E-state index in [0.717, 1.165) is 31.3 Å². The molecule has 3 N–H and O–H groups in total. The molecule has 0 aliphatic heterocycles. The lowest BCUT2D eigenvalue weighted by molar-refractivity contribution is -0.114. The van der Waals surface area contributed by atoms with Gasteiger partial charge in [-0.05, 0) is 49.1 Å². The van der Waals surface area contributed by atoms with Crippen molar-refractivity contribution in [3.8, 4) is 0 Å². The Morgan fingerprint density at radius 1 is 1.00 bits per heavy atom. The van der Waals surface area contributed by atoms with Gasteiger partial charge in [-0.2, -0.15) is 0 Å². The first-order valence-corrected chi connectivity index (χ1v) is 9.37. The second-order valence-electron chi connectivity index (χ2n) is 6.53. The number of carbonyl (C=O) groups is 2. The van der Waals surface area contributed by atoms with Crippen LogP contribution in [0, 0.1) is 0 Å². The van der Waals surface area contributed by atoms with Crippen molar-refractivity contribution in [3.63, 3.8) is 0 Å². The predicted octanol–water partition coefficient (Wildman–Crippen LogP) is 4.77. The van der Waals surface area contributed by atoms with Gasteiger partial charge in [-0.3, -0.25) is 4.79 Å². The van der Waals surface area contributed by atoms with Gasteiger partial charge in [-0.25, -0.2) is 4.79 Å². The zero-order valence-corrected chi connectivity index (χ0v) is 16.6. The van der Waals surface area contributed by atoms with Crippen LogP contribution in [0.4, 0.5) is 4.79 Å². The predicted molar refractivity (Wildman–Crippen MR) is 114 cm³/mol. The smallest absolute Gasteiger partial charge is 0.410 e. The summed E-state index contributed by atoms with van der Waals surface area (Å²) in [5.41, 5.74) is 7.05. The molecule has 0 aromatic rings. The Morgan fingerprint density at radius 2 is 1.64 bits per heavy atom. The number of amides is 2. The monoisotopic (exact) mass is 382 g/mol. The molecule has 0 radical (unpaired) electrons. The highest BCUT2D eigenvalue weighted by Gasteiger charge is 2.17. The van der Waals surface area contributed by atoms with Crippen LogP contribution in [0.1, 0.15) is 39.0 Å². The summed E-state index contributed by atoms with van der Waals surface area (Å²) in [5, 5.41) is 2.91. The van der Waals surface area contributed by atoms with E-state index < -0.39 is 12.0 Å². The number of ether oxygens (including phenoxy) is 1. The molecular weight excluding hydrogens is 352 g/mol. The maximum atomic E-state index is 12.2. The number of hydrogen-bond acceptors (Lipinski definition) is 3. The molecule has 150 valence electrons. The number of primary amides is 1. The van der Waals surface area contributed by atoms with E-state index in [0.29, 0.717) is 11.3 Å². The molecule has 1 fully saturated rings. The molecule has 0 unspecified atom stereocenters. The molecule has 0 saturated heterocycles. The van der Waals surface area contributed by atoms with Crippen molar-refractivity contribution in [1.82, 2.24) is 5.32 Å². The van der Waals surface area contributed by atoms with Gasteiger partial charge in [-0.15, -0.1) is 0 Å². The highest BCUT2D eigenvalue weighted by atomic mass is 16.6. The van der Waals surface area contributed by atoms with Gasteiger partial charge in [0.15, 0.2) is 0 Å². The molecule has 0 aromatic heterocycles. The van der Waals surface area contributed by atoms with Crippen LogP contribution in [0.25, 0.3) is 0 Å². The summed E-state index contributed by atoms with van der Waals surface area (Å²) >= 11 is 0. The first-order chi connectivity index (χ1) is 13.4. The third kappa shape index (κ3) is 8.08. The second kappa shape index (κ2) is 12.3. The molecule has 1 rings (SSSR count). The van der Waals surface area contributed by atoms with Gasteiger partial charge in [0.25, 0.3) is 0 Å². The molecule has 1 saturated carbocycles. The Bertz CT molecular complexity index is 733. The van der Waals surface area contributed by atoms with Crippen molar-refractivity contribution in [3.05, 3.63) is 84.7 Å². The average molecular weight is 383 g/mol. The number of hydrogen-bond donors (Lipinski definition) is 2. The van der Waals surface area contributed by atoms with E-state index in [2.05, 4.69) is 25.1 Å². The van der Waals surface area contributed by atoms with Crippen LogP contribution in [-0.2, 0) is 9.53 Å². The molecule has 1 aliphatic carbocycles. The molecule has 0 heterocycles. The van der Waals surface area contributed by atoms with E-state index >= 15 is 0 Å². The van der Waals surface area contributed by atoms with Crippen LogP contribution in [0.15, 0.2) is 84.7 Å². The van der Waals surface area contributed by atoms with Gasteiger partial charge in [0.05, 0.1) is 0 Å². The topological polar surface area (TPSA) is 81.4 Å². The Kier molecular flexibility index (Phi) is 10.1. The van der Waals surface area contributed by atoms with E-state index in [4.69, 9.17) is 10.5 Å². The molecule has 2 amide bonds. The Labute approximate surface area is 167 Å². The third-order valence-electron chi connectivity index (χ3n) is 4.35. The quantitative estimate of drug-likeness (QED) is 0.342. The number of nitrogens with one attached hydrogen (secondary N) is 1.